The van der Waals surface area contributed by atoms with Gasteiger partial charge < -0.3 is 9.47 Å². The summed E-state index contributed by atoms with van der Waals surface area (Å²) in [6.45, 7) is 3.03. The molecule has 4 aliphatic rings. The van der Waals surface area contributed by atoms with E-state index in [0.717, 1.165) is 29.3 Å². The molecule has 30 heavy (non-hydrogen) atoms. The Kier molecular flexibility index (Phi) is 6.49. The molecule has 0 spiro atoms. The van der Waals surface area contributed by atoms with Gasteiger partial charge in [0.2, 0.25) is 11.8 Å². The second-order valence-corrected chi connectivity index (χ2v) is 9.55. The van der Waals surface area contributed by atoms with Crippen molar-refractivity contribution in [1.82, 2.24) is 10.9 Å². The summed E-state index contributed by atoms with van der Waals surface area (Å²) in [5, 5.41) is 0. The summed E-state index contributed by atoms with van der Waals surface area (Å²) in [4.78, 5) is 24.5. The number of benzene rings is 1. The van der Waals surface area contributed by atoms with Crippen molar-refractivity contribution in [2.45, 2.75) is 64.7 Å². The van der Waals surface area contributed by atoms with E-state index in [1.807, 2.05) is 31.2 Å². The van der Waals surface area contributed by atoms with Gasteiger partial charge in [0.25, 0.3) is 0 Å². The molecule has 0 unspecified atom stereocenters. The minimum atomic E-state index is -0.177. The Morgan fingerprint density at radius 2 is 1.43 bits per heavy atom. The van der Waals surface area contributed by atoms with Crippen LogP contribution >= 0.6 is 0 Å². The lowest BCUT2D eigenvalue weighted by Crippen LogP contribution is -2.50. The van der Waals surface area contributed by atoms with Crippen molar-refractivity contribution >= 4 is 11.8 Å². The van der Waals surface area contributed by atoms with E-state index < -0.39 is 0 Å². The number of carbonyl (C=O) groups excluding carboxylic acids is 2. The molecule has 5 rings (SSSR count). The highest BCUT2D eigenvalue weighted by Gasteiger charge is 2.51. The van der Waals surface area contributed by atoms with Crippen LogP contribution in [-0.4, -0.2) is 25.0 Å². The monoisotopic (exact) mass is 414 g/mol. The van der Waals surface area contributed by atoms with Gasteiger partial charge in [-0.3, -0.25) is 20.4 Å². The molecule has 2 N–H and O–H groups in total. The summed E-state index contributed by atoms with van der Waals surface area (Å²) in [5.74, 6) is 3.83. The molecule has 6 nitrogen and oxygen atoms in total. The minimum absolute atomic E-state index is 0.0454. The maximum atomic E-state index is 12.5. The molecule has 0 aliphatic heterocycles. The maximum absolute atomic E-state index is 12.5. The molecule has 0 saturated heterocycles. The molecule has 4 saturated carbocycles. The van der Waals surface area contributed by atoms with Crippen LogP contribution in [0.15, 0.2) is 24.3 Å². The van der Waals surface area contributed by atoms with E-state index in [-0.39, 0.29) is 17.2 Å². The van der Waals surface area contributed by atoms with Gasteiger partial charge in [0.15, 0.2) is 0 Å². The highest BCUT2D eigenvalue weighted by Crippen LogP contribution is 2.61. The predicted octanol–water partition coefficient (Wildman–Crippen LogP) is 4.00. The molecule has 4 fully saturated rings. The summed E-state index contributed by atoms with van der Waals surface area (Å²) in [5.41, 5.74) is 5.41. The number of hydrogen-bond donors (Lipinski definition) is 2. The molecule has 2 amide bonds. The second-order valence-electron chi connectivity index (χ2n) is 9.55. The third-order valence-corrected chi connectivity index (χ3v) is 6.99. The quantitative estimate of drug-likeness (QED) is 0.473. The van der Waals surface area contributed by atoms with Crippen LogP contribution in [0.25, 0.3) is 0 Å². The topological polar surface area (TPSA) is 76.7 Å². The Morgan fingerprint density at radius 1 is 0.900 bits per heavy atom. The normalized spacial score (nSPS) is 28.8. The van der Waals surface area contributed by atoms with E-state index in [1.54, 1.807) is 0 Å². The van der Waals surface area contributed by atoms with Gasteiger partial charge >= 0.3 is 0 Å². The van der Waals surface area contributed by atoms with E-state index in [0.29, 0.717) is 32.5 Å². The second kappa shape index (κ2) is 9.27. The zero-order valence-electron chi connectivity index (χ0n) is 18.0. The highest BCUT2D eigenvalue weighted by atomic mass is 16.5. The van der Waals surface area contributed by atoms with Crippen molar-refractivity contribution in [3.05, 3.63) is 24.3 Å². The first kappa shape index (κ1) is 21.0. The maximum Gasteiger partial charge on any atom is 0.238 e. The standard InChI is InChI=1S/C24H34N2O4/c1-2-29-20-5-7-21(8-6-20)30-9-3-4-22(27)25-26-23(28)16-24-13-17-10-18(14-24)12-19(11-17)15-24/h5-8,17-19H,2-4,9-16H2,1H3,(H,25,27)(H,26,28). The number of carbonyl (C=O) groups is 2. The molecule has 6 heteroatoms. The van der Waals surface area contributed by atoms with E-state index in [4.69, 9.17) is 9.47 Å². The highest BCUT2D eigenvalue weighted by molar-refractivity contribution is 5.82. The molecule has 0 heterocycles. The van der Waals surface area contributed by atoms with E-state index in [1.165, 1.54) is 38.5 Å². The van der Waals surface area contributed by atoms with Crippen LogP contribution in [-0.2, 0) is 9.59 Å². The summed E-state index contributed by atoms with van der Waals surface area (Å²) in [6, 6.07) is 7.45. The summed E-state index contributed by atoms with van der Waals surface area (Å²) in [7, 11) is 0. The summed E-state index contributed by atoms with van der Waals surface area (Å²) >= 11 is 0. The van der Waals surface area contributed by atoms with Gasteiger partial charge in [-0.05, 0) is 99.3 Å². The molecule has 0 radical (unpaired) electrons. The van der Waals surface area contributed by atoms with E-state index in [9.17, 15) is 9.59 Å². The fourth-order valence-corrected chi connectivity index (χ4v) is 6.31. The first-order valence-corrected chi connectivity index (χ1v) is 11.5. The zero-order valence-corrected chi connectivity index (χ0v) is 18.0. The number of hydrogen-bond acceptors (Lipinski definition) is 4. The molecule has 1 aromatic carbocycles. The van der Waals surface area contributed by atoms with Crippen molar-refractivity contribution in [2.75, 3.05) is 13.2 Å². The van der Waals surface area contributed by atoms with Crippen molar-refractivity contribution in [3.63, 3.8) is 0 Å². The molecule has 1 aromatic rings. The molecular formula is C24H34N2O4. The number of nitrogens with one attached hydrogen (secondary N) is 2. The minimum Gasteiger partial charge on any atom is -0.494 e. The average Bonchev–Trinajstić information content (AvgIpc) is 2.70. The van der Waals surface area contributed by atoms with Crippen LogP contribution < -0.4 is 20.3 Å². The Hall–Kier alpha value is -2.24. The van der Waals surface area contributed by atoms with Gasteiger partial charge in [0.05, 0.1) is 13.2 Å². The summed E-state index contributed by atoms with van der Waals surface area (Å²) < 4.78 is 11.0. The SMILES string of the molecule is CCOc1ccc(OCCCC(=O)NNC(=O)CC23CC4CC(CC(C4)C2)C3)cc1. The van der Waals surface area contributed by atoms with Crippen molar-refractivity contribution in [2.24, 2.45) is 23.2 Å². The van der Waals surface area contributed by atoms with Crippen LogP contribution in [0.4, 0.5) is 0 Å². The van der Waals surface area contributed by atoms with Crippen molar-refractivity contribution in [1.29, 1.82) is 0 Å². The molecule has 0 aromatic heterocycles. The fraction of sp³-hybridized carbons (Fsp3) is 0.667. The van der Waals surface area contributed by atoms with E-state index >= 15 is 0 Å². The number of amides is 2. The average molecular weight is 415 g/mol. The van der Waals surface area contributed by atoms with E-state index in [2.05, 4.69) is 10.9 Å². The number of hydrazine groups is 1. The van der Waals surface area contributed by atoms with Crippen LogP contribution in [0.1, 0.15) is 64.7 Å². The van der Waals surface area contributed by atoms with Gasteiger partial charge in [0.1, 0.15) is 11.5 Å². The first-order chi connectivity index (χ1) is 14.5. The lowest BCUT2D eigenvalue weighted by Gasteiger charge is -2.56. The predicted molar refractivity (Wildman–Crippen MR) is 114 cm³/mol. The Bertz CT molecular complexity index is 711. The largest absolute Gasteiger partial charge is 0.494 e. The Balaban J connectivity index is 1.11. The lowest BCUT2D eigenvalue weighted by molar-refractivity contribution is -0.134. The number of ether oxygens (including phenoxy) is 2. The molecular weight excluding hydrogens is 380 g/mol. The van der Waals surface area contributed by atoms with Crippen molar-refractivity contribution < 1.29 is 19.1 Å². The molecule has 164 valence electrons. The molecule has 4 bridgehead atoms. The van der Waals surface area contributed by atoms with Crippen LogP contribution in [0, 0.1) is 23.2 Å². The van der Waals surface area contributed by atoms with Crippen LogP contribution in [0.5, 0.6) is 11.5 Å². The lowest BCUT2D eigenvalue weighted by atomic mass is 9.49. The molecule has 4 aliphatic carbocycles. The van der Waals surface area contributed by atoms with Gasteiger partial charge in [0, 0.05) is 12.8 Å². The first-order valence-electron chi connectivity index (χ1n) is 11.5. The fourth-order valence-electron chi connectivity index (χ4n) is 6.31. The van der Waals surface area contributed by atoms with Gasteiger partial charge in [-0.1, -0.05) is 0 Å². The van der Waals surface area contributed by atoms with Gasteiger partial charge in [-0.25, -0.2) is 0 Å². The van der Waals surface area contributed by atoms with Crippen molar-refractivity contribution in [3.8, 4) is 11.5 Å². The third kappa shape index (κ3) is 5.27. The van der Waals surface area contributed by atoms with Crippen LogP contribution in [0.3, 0.4) is 0 Å². The molecule has 0 atom stereocenters. The smallest absolute Gasteiger partial charge is 0.238 e. The van der Waals surface area contributed by atoms with Crippen LogP contribution in [0.2, 0.25) is 0 Å². The number of rotatable bonds is 9. The summed E-state index contributed by atoms with van der Waals surface area (Å²) in [6.07, 6.45) is 9.16. The Morgan fingerprint density at radius 3 is 2.00 bits per heavy atom. The zero-order chi connectivity index (χ0) is 21.0. The van der Waals surface area contributed by atoms with Gasteiger partial charge in [-0.2, -0.15) is 0 Å². The Labute approximate surface area is 179 Å². The van der Waals surface area contributed by atoms with Gasteiger partial charge in [-0.15, -0.1) is 0 Å². The third-order valence-electron chi connectivity index (χ3n) is 6.99.